The van der Waals surface area contributed by atoms with E-state index in [1.165, 1.54) is 34.9 Å². The molecule has 1 N–H and O–H groups in total. The Morgan fingerprint density at radius 3 is 2.50 bits per heavy atom. The second-order valence-corrected chi connectivity index (χ2v) is 13.1. The summed E-state index contributed by atoms with van der Waals surface area (Å²) in [6.07, 6.45) is 5.43. The van der Waals surface area contributed by atoms with Gasteiger partial charge in [-0.2, -0.15) is 0 Å². The van der Waals surface area contributed by atoms with Crippen molar-refractivity contribution in [2.75, 3.05) is 6.54 Å². The molecule has 3 atom stereocenters. The molecule has 6 heteroatoms. The Balaban J connectivity index is 1.60. The van der Waals surface area contributed by atoms with Crippen molar-refractivity contribution >= 4 is 33.2 Å². The first-order valence-electron chi connectivity index (χ1n) is 11.5. The number of sulfonamides is 1. The molecular formula is C26H33Cl2NO2S. The summed E-state index contributed by atoms with van der Waals surface area (Å²) < 4.78 is 28.9. The first-order chi connectivity index (χ1) is 15.0. The lowest BCUT2D eigenvalue weighted by Crippen LogP contribution is -2.53. The lowest BCUT2D eigenvalue weighted by molar-refractivity contribution is 0.0299. The number of halogens is 2. The van der Waals surface area contributed by atoms with Crippen LogP contribution in [0.25, 0.3) is 0 Å². The van der Waals surface area contributed by atoms with Crippen LogP contribution in [0.1, 0.15) is 76.0 Å². The standard InChI is InChI=1S/C26H33Cl2NO2S/c1-17(2)18-6-9-21-19(14-18)7-11-24-25(3,12-5-13-26(21,24)4)16-29-32(30,31)20-8-10-22(27)23(28)15-20/h6,8-10,14-15,17,24,29H,5,7,11-13,16H2,1-4H3/t24-,25-,26+/m0/s1. The van der Waals surface area contributed by atoms with Crippen molar-refractivity contribution in [3.05, 3.63) is 63.1 Å². The summed E-state index contributed by atoms with van der Waals surface area (Å²) in [5.41, 5.74) is 4.32. The number of aryl methyl sites for hydroxylation is 1. The molecule has 1 fully saturated rings. The number of fused-ring (bicyclic) bond motifs is 3. The molecular weight excluding hydrogens is 461 g/mol. The van der Waals surface area contributed by atoms with Crippen LogP contribution in [0, 0.1) is 11.3 Å². The third kappa shape index (κ3) is 4.24. The zero-order chi connectivity index (χ0) is 23.3. The SMILES string of the molecule is CC(C)c1ccc2c(c1)CC[C@H]1[C@](C)(CNS(=O)(=O)c3ccc(Cl)c(Cl)c3)CCC[C@]21C. The minimum atomic E-state index is -3.66. The van der Waals surface area contributed by atoms with E-state index in [1.807, 2.05) is 0 Å². The molecule has 2 aliphatic carbocycles. The van der Waals surface area contributed by atoms with Crippen LogP contribution in [0.3, 0.4) is 0 Å². The Hall–Kier alpha value is -1.07. The van der Waals surface area contributed by atoms with E-state index >= 15 is 0 Å². The summed E-state index contributed by atoms with van der Waals surface area (Å²) in [5, 5.41) is 0.595. The summed E-state index contributed by atoms with van der Waals surface area (Å²) >= 11 is 12.0. The summed E-state index contributed by atoms with van der Waals surface area (Å²) in [7, 11) is -3.66. The zero-order valence-corrected chi connectivity index (χ0v) is 21.7. The highest BCUT2D eigenvalue weighted by Gasteiger charge is 2.51. The molecule has 2 aliphatic rings. The smallest absolute Gasteiger partial charge is 0.211 e. The van der Waals surface area contributed by atoms with Crippen LogP contribution in [0.2, 0.25) is 10.0 Å². The summed E-state index contributed by atoms with van der Waals surface area (Å²) in [5.74, 6) is 0.955. The van der Waals surface area contributed by atoms with E-state index in [9.17, 15) is 8.42 Å². The number of hydrogen-bond acceptors (Lipinski definition) is 2. The van der Waals surface area contributed by atoms with E-state index in [0.717, 1.165) is 32.1 Å². The summed E-state index contributed by atoms with van der Waals surface area (Å²) in [6, 6.07) is 11.5. The Morgan fingerprint density at radius 1 is 1.06 bits per heavy atom. The van der Waals surface area contributed by atoms with Gasteiger partial charge in [-0.05, 0) is 83.2 Å². The molecule has 0 bridgehead atoms. The average Bonchev–Trinajstić information content (AvgIpc) is 2.74. The van der Waals surface area contributed by atoms with Crippen LogP contribution in [0.15, 0.2) is 41.3 Å². The van der Waals surface area contributed by atoms with Crippen LogP contribution in [0.5, 0.6) is 0 Å². The minimum absolute atomic E-state index is 0.0745. The van der Waals surface area contributed by atoms with Crippen molar-refractivity contribution < 1.29 is 8.42 Å². The van der Waals surface area contributed by atoms with Crippen molar-refractivity contribution in [2.45, 2.75) is 76.0 Å². The van der Waals surface area contributed by atoms with Gasteiger partial charge in [-0.25, -0.2) is 13.1 Å². The van der Waals surface area contributed by atoms with E-state index in [1.54, 1.807) is 0 Å². The van der Waals surface area contributed by atoms with Crippen molar-refractivity contribution in [3.8, 4) is 0 Å². The molecule has 0 aliphatic heterocycles. The fourth-order valence-corrected chi connectivity index (χ4v) is 7.77. The van der Waals surface area contributed by atoms with Gasteiger partial charge >= 0.3 is 0 Å². The highest BCUT2D eigenvalue weighted by atomic mass is 35.5. The fourth-order valence-electron chi connectivity index (χ4n) is 6.20. The quantitative estimate of drug-likeness (QED) is 0.482. The van der Waals surface area contributed by atoms with Gasteiger partial charge in [-0.1, -0.05) is 75.5 Å². The van der Waals surface area contributed by atoms with E-state index < -0.39 is 10.0 Å². The van der Waals surface area contributed by atoms with Crippen molar-refractivity contribution in [3.63, 3.8) is 0 Å². The van der Waals surface area contributed by atoms with Gasteiger partial charge < -0.3 is 0 Å². The van der Waals surface area contributed by atoms with Gasteiger partial charge in [0.2, 0.25) is 10.0 Å². The molecule has 0 radical (unpaired) electrons. The van der Waals surface area contributed by atoms with Crippen molar-refractivity contribution in [1.82, 2.24) is 4.72 Å². The van der Waals surface area contributed by atoms with Gasteiger partial charge in [-0.3, -0.25) is 0 Å². The maximum Gasteiger partial charge on any atom is 0.240 e. The largest absolute Gasteiger partial charge is 0.240 e. The zero-order valence-electron chi connectivity index (χ0n) is 19.3. The van der Waals surface area contributed by atoms with Gasteiger partial charge in [0, 0.05) is 6.54 Å². The number of hydrogen-bond donors (Lipinski definition) is 1. The predicted octanol–water partition coefficient (Wildman–Crippen LogP) is 7.11. The van der Waals surface area contributed by atoms with Gasteiger partial charge in [-0.15, -0.1) is 0 Å². The van der Waals surface area contributed by atoms with E-state index in [2.05, 4.69) is 50.6 Å². The molecule has 174 valence electrons. The molecule has 0 saturated heterocycles. The van der Waals surface area contributed by atoms with Gasteiger partial charge in [0.15, 0.2) is 0 Å². The van der Waals surface area contributed by atoms with E-state index in [4.69, 9.17) is 23.2 Å². The Bertz CT molecular complexity index is 1130. The van der Waals surface area contributed by atoms with Crippen LogP contribution in [-0.2, 0) is 21.9 Å². The highest BCUT2D eigenvalue weighted by molar-refractivity contribution is 7.89. The van der Waals surface area contributed by atoms with Crippen LogP contribution in [0.4, 0.5) is 0 Å². The average molecular weight is 495 g/mol. The molecule has 0 spiro atoms. The summed E-state index contributed by atoms with van der Waals surface area (Å²) in [6.45, 7) is 9.57. The molecule has 4 rings (SSSR count). The minimum Gasteiger partial charge on any atom is -0.211 e. The number of rotatable bonds is 5. The van der Waals surface area contributed by atoms with Gasteiger partial charge in [0.05, 0.1) is 14.9 Å². The van der Waals surface area contributed by atoms with E-state index in [-0.39, 0.29) is 20.7 Å². The molecule has 0 amide bonds. The third-order valence-electron chi connectivity index (χ3n) is 8.04. The predicted molar refractivity (Wildman–Crippen MR) is 133 cm³/mol. The Morgan fingerprint density at radius 2 is 1.81 bits per heavy atom. The highest BCUT2D eigenvalue weighted by Crippen LogP contribution is 2.57. The molecule has 32 heavy (non-hydrogen) atoms. The summed E-state index contributed by atoms with van der Waals surface area (Å²) in [4.78, 5) is 0.157. The second-order valence-electron chi connectivity index (χ2n) is 10.5. The monoisotopic (exact) mass is 493 g/mol. The van der Waals surface area contributed by atoms with E-state index in [0.29, 0.717) is 23.4 Å². The van der Waals surface area contributed by atoms with Crippen molar-refractivity contribution in [1.29, 1.82) is 0 Å². The van der Waals surface area contributed by atoms with Gasteiger partial charge in [0.1, 0.15) is 0 Å². The Labute approximate surface area is 203 Å². The number of nitrogens with one attached hydrogen (secondary N) is 1. The molecule has 0 unspecified atom stereocenters. The maximum absolute atomic E-state index is 13.0. The molecule has 2 aromatic carbocycles. The fraction of sp³-hybridized carbons (Fsp3) is 0.538. The molecule has 2 aromatic rings. The molecule has 0 heterocycles. The molecule has 1 saturated carbocycles. The molecule has 0 aromatic heterocycles. The number of benzene rings is 2. The van der Waals surface area contributed by atoms with Crippen LogP contribution >= 0.6 is 23.2 Å². The second kappa shape index (κ2) is 8.61. The third-order valence-corrected chi connectivity index (χ3v) is 10.2. The lowest BCUT2D eigenvalue weighted by Gasteiger charge is -2.55. The lowest BCUT2D eigenvalue weighted by atomic mass is 9.50. The van der Waals surface area contributed by atoms with Crippen LogP contribution < -0.4 is 4.72 Å². The van der Waals surface area contributed by atoms with Gasteiger partial charge in [0.25, 0.3) is 0 Å². The topological polar surface area (TPSA) is 46.2 Å². The van der Waals surface area contributed by atoms with Crippen LogP contribution in [-0.4, -0.2) is 15.0 Å². The normalized spacial score (nSPS) is 27.8. The first-order valence-corrected chi connectivity index (χ1v) is 13.8. The Kier molecular flexibility index (Phi) is 6.48. The molecule has 3 nitrogen and oxygen atoms in total. The maximum atomic E-state index is 13.0. The first kappa shape index (κ1) is 24.1. The van der Waals surface area contributed by atoms with Crippen molar-refractivity contribution in [2.24, 2.45) is 11.3 Å².